The minimum absolute atomic E-state index is 0.146. The largest absolute Gasteiger partial charge is 0.308 e. The fourth-order valence-corrected chi connectivity index (χ4v) is 4.03. The first-order valence-electron chi connectivity index (χ1n) is 6.83. The van der Waals surface area contributed by atoms with E-state index in [4.69, 9.17) is 0 Å². The van der Waals surface area contributed by atoms with Crippen LogP contribution < -0.4 is 4.87 Å². The predicted molar refractivity (Wildman–Crippen MR) is 87.7 cm³/mol. The summed E-state index contributed by atoms with van der Waals surface area (Å²) in [6.45, 7) is 6.16. The minimum atomic E-state index is 0.146. The van der Waals surface area contributed by atoms with Gasteiger partial charge in [-0.3, -0.25) is 14.3 Å². The maximum atomic E-state index is 12.1. The second-order valence-corrected chi connectivity index (χ2v) is 7.19. The second kappa shape index (κ2) is 5.97. The number of thiazole rings is 1. The molecule has 20 heavy (non-hydrogen) atoms. The van der Waals surface area contributed by atoms with Crippen molar-refractivity contribution >= 4 is 37.5 Å². The third-order valence-corrected chi connectivity index (χ3v) is 5.30. The summed E-state index contributed by atoms with van der Waals surface area (Å²) in [6, 6.07) is 6.05. The first kappa shape index (κ1) is 14.3. The topological polar surface area (TPSA) is 28.5 Å². The summed E-state index contributed by atoms with van der Waals surface area (Å²) in [5.74, 6) is 0. The van der Waals surface area contributed by atoms with Crippen LogP contribution in [0.2, 0.25) is 0 Å². The van der Waals surface area contributed by atoms with Crippen molar-refractivity contribution < 1.29 is 0 Å². The molecule has 0 unspecified atom stereocenters. The van der Waals surface area contributed by atoms with Gasteiger partial charge < -0.3 is 4.90 Å². The number of benzene rings is 1. The molecule has 0 saturated carbocycles. The van der Waals surface area contributed by atoms with E-state index < -0.39 is 0 Å². The smallest absolute Gasteiger partial charge is 0.304 e. The van der Waals surface area contributed by atoms with Gasteiger partial charge in [-0.15, -0.1) is 0 Å². The van der Waals surface area contributed by atoms with Gasteiger partial charge >= 0.3 is 4.87 Å². The van der Waals surface area contributed by atoms with Gasteiger partial charge in [0.25, 0.3) is 0 Å². The molecule has 1 saturated heterocycles. The molecule has 0 aliphatic carbocycles. The van der Waals surface area contributed by atoms with Crippen molar-refractivity contribution in [3.05, 3.63) is 32.3 Å². The Balaban J connectivity index is 1.74. The second-order valence-electron chi connectivity index (χ2n) is 5.28. The first-order chi connectivity index (χ1) is 9.63. The van der Waals surface area contributed by atoms with Crippen LogP contribution in [0.5, 0.6) is 0 Å². The number of hydrogen-bond donors (Lipinski definition) is 0. The van der Waals surface area contributed by atoms with Crippen LogP contribution in [-0.4, -0.2) is 54.1 Å². The van der Waals surface area contributed by atoms with Crippen molar-refractivity contribution in [2.24, 2.45) is 0 Å². The molecule has 1 aliphatic heterocycles. The lowest BCUT2D eigenvalue weighted by atomic mass is 10.3. The molecule has 0 bridgehead atoms. The van der Waals surface area contributed by atoms with Crippen LogP contribution in [0.4, 0.5) is 0 Å². The monoisotopic (exact) mass is 355 g/mol. The van der Waals surface area contributed by atoms with Gasteiger partial charge in [-0.05, 0) is 25.2 Å². The summed E-state index contributed by atoms with van der Waals surface area (Å²) in [6.07, 6.45) is 0. The van der Waals surface area contributed by atoms with Crippen molar-refractivity contribution in [2.75, 3.05) is 39.8 Å². The van der Waals surface area contributed by atoms with Crippen molar-refractivity contribution in [1.82, 2.24) is 14.4 Å². The van der Waals surface area contributed by atoms with Crippen LogP contribution in [0.3, 0.4) is 0 Å². The summed E-state index contributed by atoms with van der Waals surface area (Å²) >= 11 is 4.79. The molecule has 1 fully saturated rings. The van der Waals surface area contributed by atoms with Crippen molar-refractivity contribution in [3.63, 3.8) is 0 Å². The Bertz CT molecular complexity index is 658. The standard InChI is InChI=1S/C14H18BrN3OS/c1-16-4-6-17(7-5-16)8-9-18-12-3-2-11(15)10-13(12)20-14(18)19/h2-3,10H,4-9H2,1H3. The molecule has 2 heterocycles. The fourth-order valence-electron chi connectivity index (χ4n) is 2.56. The van der Waals surface area contributed by atoms with Crippen LogP contribution in [0, 0.1) is 0 Å². The highest BCUT2D eigenvalue weighted by molar-refractivity contribution is 9.10. The highest BCUT2D eigenvalue weighted by Crippen LogP contribution is 2.22. The molecule has 1 aromatic carbocycles. The van der Waals surface area contributed by atoms with E-state index in [1.807, 2.05) is 22.8 Å². The summed E-state index contributed by atoms with van der Waals surface area (Å²) in [4.78, 5) is 17.0. The normalized spacial score (nSPS) is 17.9. The molecule has 1 aliphatic rings. The average molecular weight is 356 g/mol. The third-order valence-electron chi connectivity index (χ3n) is 3.87. The molecular formula is C14H18BrN3OS. The summed E-state index contributed by atoms with van der Waals surface area (Å²) in [5, 5.41) is 0. The Morgan fingerprint density at radius 3 is 2.70 bits per heavy atom. The Kier molecular flexibility index (Phi) is 4.26. The molecule has 2 aromatic rings. The highest BCUT2D eigenvalue weighted by Gasteiger charge is 2.14. The molecule has 0 spiro atoms. The van der Waals surface area contributed by atoms with Gasteiger partial charge in [0.1, 0.15) is 0 Å². The van der Waals surface area contributed by atoms with Gasteiger partial charge in [0.2, 0.25) is 0 Å². The van der Waals surface area contributed by atoms with Crippen LogP contribution in [0.15, 0.2) is 27.5 Å². The van der Waals surface area contributed by atoms with Crippen molar-refractivity contribution in [1.29, 1.82) is 0 Å². The van der Waals surface area contributed by atoms with Gasteiger partial charge in [-0.1, -0.05) is 27.3 Å². The van der Waals surface area contributed by atoms with Crippen molar-refractivity contribution in [3.8, 4) is 0 Å². The number of rotatable bonds is 3. The molecular weight excluding hydrogens is 338 g/mol. The van der Waals surface area contributed by atoms with E-state index in [-0.39, 0.29) is 4.87 Å². The lowest BCUT2D eigenvalue weighted by molar-refractivity contribution is 0.150. The van der Waals surface area contributed by atoms with E-state index in [1.165, 1.54) is 11.3 Å². The maximum absolute atomic E-state index is 12.1. The SMILES string of the molecule is CN1CCN(CCn2c(=O)sc3cc(Br)ccc32)CC1. The number of piperazine rings is 1. The number of aromatic nitrogens is 1. The Hall–Kier alpha value is -0.690. The Morgan fingerprint density at radius 1 is 1.20 bits per heavy atom. The number of hydrogen-bond acceptors (Lipinski definition) is 4. The molecule has 108 valence electrons. The van der Waals surface area contributed by atoms with E-state index in [0.29, 0.717) is 0 Å². The van der Waals surface area contributed by atoms with Crippen LogP contribution >= 0.6 is 27.3 Å². The van der Waals surface area contributed by atoms with E-state index >= 15 is 0 Å². The zero-order valence-electron chi connectivity index (χ0n) is 11.5. The number of halogens is 1. The number of likely N-dealkylation sites (N-methyl/N-ethyl adjacent to an activating group) is 1. The third kappa shape index (κ3) is 2.98. The molecule has 1 aromatic heterocycles. The van der Waals surface area contributed by atoms with E-state index in [0.717, 1.165) is 54.0 Å². The van der Waals surface area contributed by atoms with Gasteiger partial charge in [-0.2, -0.15) is 0 Å². The molecule has 0 amide bonds. The highest BCUT2D eigenvalue weighted by atomic mass is 79.9. The summed E-state index contributed by atoms with van der Waals surface area (Å²) in [5.41, 5.74) is 1.05. The molecule has 0 N–H and O–H groups in total. The molecule has 0 radical (unpaired) electrons. The minimum Gasteiger partial charge on any atom is -0.304 e. The fraction of sp³-hybridized carbons (Fsp3) is 0.500. The van der Waals surface area contributed by atoms with Crippen LogP contribution in [-0.2, 0) is 6.54 Å². The van der Waals surface area contributed by atoms with Gasteiger partial charge in [0, 0.05) is 43.7 Å². The molecule has 4 nitrogen and oxygen atoms in total. The lowest BCUT2D eigenvalue weighted by Gasteiger charge is -2.32. The van der Waals surface area contributed by atoms with E-state index in [1.54, 1.807) is 0 Å². The van der Waals surface area contributed by atoms with E-state index in [2.05, 4.69) is 32.8 Å². The van der Waals surface area contributed by atoms with Crippen LogP contribution in [0.1, 0.15) is 0 Å². The quantitative estimate of drug-likeness (QED) is 0.843. The maximum Gasteiger partial charge on any atom is 0.308 e. The predicted octanol–water partition coefficient (Wildman–Crippen LogP) is 2.07. The molecule has 0 atom stereocenters. The summed E-state index contributed by atoms with van der Waals surface area (Å²) in [7, 11) is 2.16. The summed E-state index contributed by atoms with van der Waals surface area (Å²) < 4.78 is 3.99. The average Bonchev–Trinajstić information content (AvgIpc) is 2.73. The van der Waals surface area contributed by atoms with Gasteiger partial charge in [0.05, 0.1) is 10.2 Å². The zero-order chi connectivity index (χ0) is 14.1. The first-order valence-corrected chi connectivity index (χ1v) is 8.44. The van der Waals surface area contributed by atoms with Gasteiger partial charge in [0.15, 0.2) is 0 Å². The van der Waals surface area contributed by atoms with Gasteiger partial charge in [-0.25, -0.2) is 0 Å². The zero-order valence-corrected chi connectivity index (χ0v) is 13.9. The Morgan fingerprint density at radius 2 is 1.95 bits per heavy atom. The number of nitrogens with zero attached hydrogens (tertiary/aromatic N) is 3. The van der Waals surface area contributed by atoms with Crippen LogP contribution in [0.25, 0.3) is 10.2 Å². The molecule has 3 rings (SSSR count). The van der Waals surface area contributed by atoms with Crippen molar-refractivity contribution in [2.45, 2.75) is 6.54 Å². The number of fused-ring (bicyclic) bond motifs is 1. The van der Waals surface area contributed by atoms with E-state index in [9.17, 15) is 4.79 Å². The molecule has 6 heteroatoms. The Labute approximate surface area is 130 Å². The lowest BCUT2D eigenvalue weighted by Crippen LogP contribution is -2.45.